The zero-order valence-corrected chi connectivity index (χ0v) is 10.5. The number of aromatic nitrogens is 1. The summed E-state index contributed by atoms with van der Waals surface area (Å²) >= 11 is 0. The molecule has 1 fully saturated rings. The highest BCUT2D eigenvalue weighted by atomic mass is 16.1. The Morgan fingerprint density at radius 3 is 2.71 bits per heavy atom. The smallest absolute Gasteiger partial charge is 0.182 e. The highest BCUT2D eigenvalue weighted by Crippen LogP contribution is 2.10. The topological polar surface area (TPSA) is 33.2 Å². The van der Waals surface area contributed by atoms with E-state index in [-0.39, 0.29) is 5.78 Å². The fourth-order valence-electron chi connectivity index (χ4n) is 2.20. The number of hydrogen-bond donors (Lipinski definition) is 0. The molecule has 0 unspecified atom stereocenters. The SMILES string of the molecule is Cc1ccc(C(=O)CCN2CCCCC2)nc1. The van der Waals surface area contributed by atoms with Gasteiger partial charge in [-0.25, -0.2) is 0 Å². The molecule has 92 valence electrons. The fraction of sp³-hybridized carbons (Fsp3) is 0.571. The first kappa shape index (κ1) is 12.2. The van der Waals surface area contributed by atoms with Crippen LogP contribution >= 0.6 is 0 Å². The number of carbonyl (C=O) groups excluding carboxylic acids is 1. The second-order valence-corrected chi connectivity index (χ2v) is 4.80. The van der Waals surface area contributed by atoms with E-state index in [1.54, 1.807) is 6.20 Å². The standard InChI is InChI=1S/C14H20N2O/c1-12-5-6-13(15-11-12)14(17)7-10-16-8-3-2-4-9-16/h5-6,11H,2-4,7-10H2,1H3. The van der Waals surface area contributed by atoms with Crippen LogP contribution in [-0.2, 0) is 0 Å². The average Bonchev–Trinajstić information content (AvgIpc) is 2.38. The van der Waals surface area contributed by atoms with Crippen LogP contribution < -0.4 is 0 Å². The van der Waals surface area contributed by atoms with Crippen molar-refractivity contribution in [3.05, 3.63) is 29.6 Å². The van der Waals surface area contributed by atoms with Crippen molar-refractivity contribution >= 4 is 5.78 Å². The van der Waals surface area contributed by atoms with E-state index in [0.717, 1.165) is 25.2 Å². The first-order chi connectivity index (χ1) is 8.25. The quantitative estimate of drug-likeness (QED) is 0.748. The molecule has 0 bridgehead atoms. The Morgan fingerprint density at radius 2 is 2.06 bits per heavy atom. The van der Waals surface area contributed by atoms with Crippen LogP contribution in [0, 0.1) is 6.92 Å². The Hall–Kier alpha value is -1.22. The van der Waals surface area contributed by atoms with Gasteiger partial charge in [0.25, 0.3) is 0 Å². The number of ketones is 1. The van der Waals surface area contributed by atoms with Gasteiger partial charge in [-0.15, -0.1) is 0 Å². The lowest BCUT2D eigenvalue weighted by Crippen LogP contribution is -2.31. The number of pyridine rings is 1. The van der Waals surface area contributed by atoms with Crippen molar-refractivity contribution in [3.8, 4) is 0 Å². The van der Waals surface area contributed by atoms with E-state index in [4.69, 9.17) is 0 Å². The molecular formula is C14H20N2O. The van der Waals surface area contributed by atoms with E-state index in [9.17, 15) is 4.79 Å². The lowest BCUT2D eigenvalue weighted by Gasteiger charge is -2.25. The predicted octanol–water partition coefficient (Wildman–Crippen LogP) is 2.45. The van der Waals surface area contributed by atoms with Crippen molar-refractivity contribution in [1.29, 1.82) is 0 Å². The third kappa shape index (κ3) is 3.63. The molecule has 1 aromatic heterocycles. The van der Waals surface area contributed by atoms with E-state index in [1.165, 1.54) is 19.3 Å². The summed E-state index contributed by atoms with van der Waals surface area (Å²) in [4.78, 5) is 18.5. The van der Waals surface area contributed by atoms with Crippen LogP contribution in [0.15, 0.2) is 18.3 Å². The monoisotopic (exact) mass is 232 g/mol. The maximum absolute atomic E-state index is 11.9. The maximum atomic E-state index is 11.9. The van der Waals surface area contributed by atoms with Crippen LogP contribution in [-0.4, -0.2) is 35.3 Å². The molecule has 3 nitrogen and oxygen atoms in total. The van der Waals surface area contributed by atoms with Crippen LogP contribution in [0.2, 0.25) is 0 Å². The zero-order valence-electron chi connectivity index (χ0n) is 10.5. The first-order valence-electron chi connectivity index (χ1n) is 6.44. The minimum absolute atomic E-state index is 0.163. The van der Waals surface area contributed by atoms with E-state index >= 15 is 0 Å². The minimum Gasteiger partial charge on any atom is -0.303 e. The summed E-state index contributed by atoms with van der Waals surface area (Å²) in [5, 5.41) is 0. The molecule has 3 heteroatoms. The molecule has 0 N–H and O–H groups in total. The van der Waals surface area contributed by atoms with Gasteiger partial charge in [0.1, 0.15) is 5.69 Å². The third-order valence-electron chi connectivity index (χ3n) is 3.30. The minimum atomic E-state index is 0.163. The van der Waals surface area contributed by atoms with Gasteiger partial charge in [0, 0.05) is 19.2 Å². The Balaban J connectivity index is 1.82. The number of aryl methyl sites for hydroxylation is 1. The molecule has 2 heterocycles. The van der Waals surface area contributed by atoms with E-state index in [2.05, 4.69) is 9.88 Å². The van der Waals surface area contributed by atoms with Crippen molar-refractivity contribution < 1.29 is 4.79 Å². The van der Waals surface area contributed by atoms with Crippen LogP contribution in [0.25, 0.3) is 0 Å². The van der Waals surface area contributed by atoms with Crippen LogP contribution in [0.1, 0.15) is 41.7 Å². The molecule has 0 saturated carbocycles. The van der Waals surface area contributed by atoms with Gasteiger partial charge >= 0.3 is 0 Å². The number of piperidine rings is 1. The lowest BCUT2D eigenvalue weighted by atomic mass is 10.1. The van der Waals surface area contributed by atoms with Gasteiger partial charge in [-0.1, -0.05) is 12.5 Å². The van der Waals surface area contributed by atoms with Crippen LogP contribution in [0.3, 0.4) is 0 Å². The van der Waals surface area contributed by atoms with Crippen molar-refractivity contribution in [1.82, 2.24) is 9.88 Å². The highest BCUT2D eigenvalue weighted by molar-refractivity contribution is 5.94. The molecule has 1 aromatic rings. The third-order valence-corrected chi connectivity index (χ3v) is 3.30. The zero-order chi connectivity index (χ0) is 12.1. The number of rotatable bonds is 4. The van der Waals surface area contributed by atoms with Crippen molar-refractivity contribution in [3.63, 3.8) is 0 Å². The van der Waals surface area contributed by atoms with Crippen molar-refractivity contribution in [2.75, 3.05) is 19.6 Å². The predicted molar refractivity (Wildman–Crippen MR) is 68.2 cm³/mol. The highest BCUT2D eigenvalue weighted by Gasteiger charge is 2.13. The number of likely N-dealkylation sites (tertiary alicyclic amines) is 1. The van der Waals surface area contributed by atoms with Gasteiger partial charge in [0.2, 0.25) is 0 Å². The molecule has 1 aliphatic heterocycles. The number of carbonyl (C=O) groups is 1. The summed E-state index contributed by atoms with van der Waals surface area (Å²) in [6.45, 7) is 5.16. The lowest BCUT2D eigenvalue weighted by molar-refractivity contribution is 0.0954. The molecule has 0 radical (unpaired) electrons. The second-order valence-electron chi connectivity index (χ2n) is 4.80. The van der Waals surface area contributed by atoms with Gasteiger partial charge in [-0.2, -0.15) is 0 Å². The average molecular weight is 232 g/mol. The van der Waals surface area contributed by atoms with Gasteiger partial charge in [-0.3, -0.25) is 9.78 Å². The number of nitrogens with zero attached hydrogens (tertiary/aromatic N) is 2. The largest absolute Gasteiger partial charge is 0.303 e. The van der Waals surface area contributed by atoms with E-state index in [1.807, 2.05) is 19.1 Å². The normalized spacial score (nSPS) is 17.0. The fourth-order valence-corrected chi connectivity index (χ4v) is 2.20. The Bertz CT molecular complexity index is 366. The summed E-state index contributed by atoms with van der Waals surface area (Å²) < 4.78 is 0. The van der Waals surface area contributed by atoms with Gasteiger partial charge in [0.15, 0.2) is 5.78 Å². The first-order valence-corrected chi connectivity index (χ1v) is 6.44. The molecule has 0 aromatic carbocycles. The Morgan fingerprint density at radius 1 is 1.29 bits per heavy atom. The summed E-state index contributed by atoms with van der Waals surface area (Å²) in [5.41, 5.74) is 1.70. The molecule has 2 rings (SSSR count). The second kappa shape index (κ2) is 5.92. The Labute approximate surface area is 103 Å². The number of Topliss-reactive ketones (excluding diaryl/α,β-unsaturated/α-hetero) is 1. The molecule has 0 aliphatic carbocycles. The van der Waals surface area contributed by atoms with E-state index in [0.29, 0.717) is 12.1 Å². The summed E-state index contributed by atoms with van der Waals surface area (Å²) in [6.07, 6.45) is 6.24. The van der Waals surface area contributed by atoms with Crippen molar-refractivity contribution in [2.24, 2.45) is 0 Å². The Kier molecular flexibility index (Phi) is 4.26. The molecule has 0 atom stereocenters. The summed E-state index contributed by atoms with van der Waals surface area (Å²) in [7, 11) is 0. The van der Waals surface area contributed by atoms with Crippen molar-refractivity contribution in [2.45, 2.75) is 32.6 Å². The molecule has 0 spiro atoms. The van der Waals surface area contributed by atoms with Crippen LogP contribution in [0.4, 0.5) is 0 Å². The van der Waals surface area contributed by atoms with Gasteiger partial charge < -0.3 is 4.90 Å². The molecule has 1 saturated heterocycles. The van der Waals surface area contributed by atoms with Crippen LogP contribution in [0.5, 0.6) is 0 Å². The maximum Gasteiger partial charge on any atom is 0.182 e. The molecule has 0 amide bonds. The number of hydrogen-bond acceptors (Lipinski definition) is 3. The van der Waals surface area contributed by atoms with Gasteiger partial charge in [-0.05, 0) is 44.5 Å². The van der Waals surface area contributed by atoms with Gasteiger partial charge in [0.05, 0.1) is 0 Å². The molecule has 1 aliphatic rings. The summed E-state index contributed by atoms with van der Waals surface area (Å²) in [6, 6.07) is 3.77. The molecule has 17 heavy (non-hydrogen) atoms. The summed E-state index contributed by atoms with van der Waals surface area (Å²) in [5.74, 6) is 0.163. The molecular weight excluding hydrogens is 212 g/mol. The van der Waals surface area contributed by atoms with E-state index < -0.39 is 0 Å².